The lowest BCUT2D eigenvalue weighted by Gasteiger charge is -2.40. The van der Waals surface area contributed by atoms with Gasteiger partial charge in [-0.25, -0.2) is 4.98 Å². The van der Waals surface area contributed by atoms with Gasteiger partial charge in [0.15, 0.2) is 5.78 Å². The lowest BCUT2D eigenvalue weighted by atomic mass is 9.95. The van der Waals surface area contributed by atoms with Crippen molar-refractivity contribution in [3.05, 3.63) is 52.7 Å². The van der Waals surface area contributed by atoms with Crippen molar-refractivity contribution >= 4 is 29.1 Å². The fraction of sp³-hybridized carbons (Fsp3) is 0.548. The average Bonchev–Trinajstić information content (AvgIpc) is 3.85. The molecule has 1 aromatic heterocycles. The van der Waals surface area contributed by atoms with Crippen LogP contribution in [0.5, 0.6) is 0 Å². The number of benzene rings is 1. The molecule has 2 unspecified atom stereocenters. The Morgan fingerprint density at radius 1 is 1.00 bits per heavy atom. The van der Waals surface area contributed by atoms with E-state index in [4.69, 9.17) is 5.73 Å². The van der Waals surface area contributed by atoms with Gasteiger partial charge in [0.2, 0.25) is 0 Å². The molecule has 0 spiro atoms. The predicted octanol–water partition coefficient (Wildman–Crippen LogP) is 4.61. The van der Waals surface area contributed by atoms with Crippen molar-refractivity contribution in [1.29, 1.82) is 0 Å². The highest BCUT2D eigenvalue weighted by Gasteiger charge is 2.42. The molecule has 206 valence electrons. The maximum atomic E-state index is 13.4. The number of hydrogen-bond donors (Lipinski definition) is 3. The van der Waals surface area contributed by atoms with Gasteiger partial charge in [-0.3, -0.25) is 14.4 Å². The summed E-state index contributed by atoms with van der Waals surface area (Å²) in [6, 6.07) is 8.14. The SMILES string of the molecule is Cc1cc(C(N)=O)c(NCCCC2CC2)cc1C(=O)NC1CC2CCC(C1)N2c1ccc(C(=O)C2CC2)cn1. The van der Waals surface area contributed by atoms with Crippen LogP contribution in [0.4, 0.5) is 11.5 Å². The molecule has 1 aromatic carbocycles. The topological polar surface area (TPSA) is 117 Å². The number of amides is 2. The number of primary amides is 1. The second-order valence-electron chi connectivity index (χ2n) is 12.1. The molecule has 2 amide bonds. The van der Waals surface area contributed by atoms with E-state index in [1.165, 1.54) is 19.3 Å². The van der Waals surface area contributed by atoms with Crippen LogP contribution < -0.4 is 21.3 Å². The Morgan fingerprint density at radius 2 is 1.74 bits per heavy atom. The molecule has 6 rings (SSSR count). The monoisotopic (exact) mass is 529 g/mol. The normalized spacial score (nSPS) is 23.9. The number of rotatable bonds is 11. The number of aromatic nitrogens is 1. The highest BCUT2D eigenvalue weighted by molar-refractivity contribution is 6.03. The molecule has 2 aromatic rings. The lowest BCUT2D eigenvalue weighted by Crippen LogP contribution is -2.50. The summed E-state index contributed by atoms with van der Waals surface area (Å²) in [5.74, 6) is 1.60. The molecule has 2 saturated heterocycles. The predicted molar refractivity (Wildman–Crippen MR) is 151 cm³/mol. The Hall–Kier alpha value is -3.42. The van der Waals surface area contributed by atoms with E-state index >= 15 is 0 Å². The first-order chi connectivity index (χ1) is 18.9. The van der Waals surface area contributed by atoms with Crippen LogP contribution in [0.25, 0.3) is 0 Å². The van der Waals surface area contributed by atoms with Gasteiger partial charge in [-0.15, -0.1) is 0 Å². The van der Waals surface area contributed by atoms with E-state index in [1.807, 2.05) is 19.1 Å². The molecule has 39 heavy (non-hydrogen) atoms. The Morgan fingerprint density at radius 3 is 2.36 bits per heavy atom. The summed E-state index contributed by atoms with van der Waals surface area (Å²) in [6.07, 6.45) is 12.5. The summed E-state index contributed by atoms with van der Waals surface area (Å²) >= 11 is 0. The quantitative estimate of drug-likeness (QED) is 0.289. The van der Waals surface area contributed by atoms with Crippen LogP contribution in [0.15, 0.2) is 30.5 Å². The van der Waals surface area contributed by atoms with E-state index in [0.29, 0.717) is 34.5 Å². The Balaban J connectivity index is 1.10. The minimum atomic E-state index is -0.489. The zero-order chi connectivity index (χ0) is 27.1. The molecule has 4 N–H and O–H groups in total. The number of fused-ring (bicyclic) bond motifs is 2. The summed E-state index contributed by atoms with van der Waals surface area (Å²) < 4.78 is 0. The van der Waals surface area contributed by atoms with Crippen LogP contribution in [0.2, 0.25) is 0 Å². The molecule has 8 nitrogen and oxygen atoms in total. The number of nitrogens with one attached hydrogen (secondary N) is 2. The third-order valence-electron chi connectivity index (χ3n) is 8.99. The van der Waals surface area contributed by atoms with Gasteiger partial charge in [0.1, 0.15) is 5.82 Å². The number of anilines is 2. The van der Waals surface area contributed by atoms with Crippen molar-refractivity contribution in [2.24, 2.45) is 17.6 Å². The van der Waals surface area contributed by atoms with Gasteiger partial charge in [0.25, 0.3) is 11.8 Å². The summed E-state index contributed by atoms with van der Waals surface area (Å²) in [5, 5.41) is 6.64. The van der Waals surface area contributed by atoms with E-state index < -0.39 is 5.91 Å². The summed E-state index contributed by atoms with van der Waals surface area (Å²) in [4.78, 5) is 44.9. The second-order valence-corrected chi connectivity index (χ2v) is 12.1. The van der Waals surface area contributed by atoms with Gasteiger partial charge in [-0.2, -0.15) is 0 Å². The number of aryl methyl sites for hydroxylation is 1. The number of piperidine rings is 1. The van der Waals surface area contributed by atoms with Gasteiger partial charge in [-0.05, 0) is 94.0 Å². The fourth-order valence-electron chi connectivity index (χ4n) is 6.52. The van der Waals surface area contributed by atoms with Crippen molar-refractivity contribution < 1.29 is 14.4 Å². The van der Waals surface area contributed by atoms with Crippen LogP contribution in [-0.2, 0) is 0 Å². The first kappa shape index (κ1) is 25.8. The van der Waals surface area contributed by atoms with Crippen LogP contribution >= 0.6 is 0 Å². The summed E-state index contributed by atoms with van der Waals surface area (Å²) in [7, 11) is 0. The molecule has 8 heteroatoms. The highest BCUT2D eigenvalue weighted by atomic mass is 16.2. The van der Waals surface area contributed by atoms with Crippen molar-refractivity contribution in [3.8, 4) is 0 Å². The maximum absolute atomic E-state index is 13.4. The van der Waals surface area contributed by atoms with E-state index in [1.54, 1.807) is 18.3 Å². The van der Waals surface area contributed by atoms with Crippen LogP contribution in [0.1, 0.15) is 101 Å². The van der Waals surface area contributed by atoms with Crippen molar-refractivity contribution in [2.75, 3.05) is 16.8 Å². The molecule has 4 aliphatic rings. The Kier molecular flexibility index (Phi) is 7.04. The van der Waals surface area contributed by atoms with E-state index in [9.17, 15) is 14.4 Å². The van der Waals surface area contributed by atoms with Crippen molar-refractivity contribution in [2.45, 2.75) is 89.3 Å². The standard InChI is InChI=1S/C31H39N5O3/c1-18-13-26(30(32)38)27(33-12-2-3-19-4-5-19)16-25(18)31(39)35-22-14-23-9-10-24(15-22)36(23)28-11-8-21(17-34-28)29(37)20-6-7-20/h8,11,13,16-17,19-20,22-24,33H,2-7,9-10,12,14-15H2,1H3,(H2,32,38)(H,35,39). The van der Waals surface area contributed by atoms with Gasteiger partial charge in [0.05, 0.1) is 5.56 Å². The lowest BCUT2D eigenvalue weighted by molar-refractivity contribution is 0.0923. The van der Waals surface area contributed by atoms with Crippen molar-refractivity contribution in [1.82, 2.24) is 10.3 Å². The number of nitrogens with zero attached hydrogens (tertiary/aromatic N) is 2. The Labute approximate surface area is 230 Å². The van der Waals surface area contributed by atoms with E-state index in [-0.39, 0.29) is 23.7 Å². The van der Waals surface area contributed by atoms with Gasteiger partial charge >= 0.3 is 0 Å². The maximum Gasteiger partial charge on any atom is 0.251 e. The second kappa shape index (κ2) is 10.6. The molecule has 0 radical (unpaired) electrons. The van der Waals surface area contributed by atoms with Crippen LogP contribution in [0, 0.1) is 18.8 Å². The largest absolute Gasteiger partial charge is 0.384 e. The highest BCUT2D eigenvalue weighted by Crippen LogP contribution is 2.39. The molecule has 2 bridgehead atoms. The summed E-state index contributed by atoms with van der Waals surface area (Å²) in [5.41, 5.74) is 8.76. The molecular formula is C31H39N5O3. The first-order valence-electron chi connectivity index (χ1n) is 14.6. The zero-order valence-electron chi connectivity index (χ0n) is 22.7. The van der Waals surface area contributed by atoms with E-state index in [0.717, 1.165) is 68.8 Å². The van der Waals surface area contributed by atoms with Gasteiger partial charge < -0.3 is 21.3 Å². The number of pyridine rings is 1. The first-order valence-corrected chi connectivity index (χ1v) is 14.6. The number of carbonyl (C=O) groups is 3. The number of Topliss-reactive ketones (excluding diaryl/α,β-unsaturated/α-hetero) is 1. The number of nitrogens with two attached hydrogens (primary N) is 1. The number of hydrogen-bond acceptors (Lipinski definition) is 6. The molecule has 2 aliphatic carbocycles. The molecule has 2 saturated carbocycles. The molecule has 2 aliphatic heterocycles. The summed E-state index contributed by atoms with van der Waals surface area (Å²) in [6.45, 7) is 2.61. The molecule has 2 atom stereocenters. The van der Waals surface area contributed by atoms with E-state index in [2.05, 4.69) is 20.5 Å². The van der Waals surface area contributed by atoms with Crippen molar-refractivity contribution in [3.63, 3.8) is 0 Å². The molecule has 3 heterocycles. The third kappa shape index (κ3) is 5.65. The number of ketones is 1. The minimum Gasteiger partial charge on any atom is -0.384 e. The Bertz CT molecular complexity index is 1250. The molecule has 4 fully saturated rings. The zero-order valence-corrected chi connectivity index (χ0v) is 22.7. The van der Waals surface area contributed by atoms with Gasteiger partial charge in [0, 0.05) is 53.6 Å². The average molecular weight is 530 g/mol. The molecular weight excluding hydrogens is 490 g/mol. The minimum absolute atomic E-state index is 0.0761. The van der Waals surface area contributed by atoms with Gasteiger partial charge in [-0.1, -0.05) is 12.8 Å². The fourth-order valence-corrected chi connectivity index (χ4v) is 6.52. The number of carbonyl (C=O) groups excluding carboxylic acids is 3. The van der Waals surface area contributed by atoms with Crippen LogP contribution in [0.3, 0.4) is 0 Å². The third-order valence-corrected chi connectivity index (χ3v) is 8.99. The smallest absolute Gasteiger partial charge is 0.251 e. The van der Waals surface area contributed by atoms with Crippen LogP contribution in [-0.4, -0.2) is 47.3 Å².